The van der Waals surface area contributed by atoms with Gasteiger partial charge in [0.05, 0.1) is 6.61 Å². The van der Waals surface area contributed by atoms with Crippen LogP contribution in [-0.2, 0) is 14.6 Å². The van der Waals surface area contributed by atoms with E-state index in [4.69, 9.17) is 9.78 Å². The molecule has 0 aromatic carbocycles. The zero-order chi connectivity index (χ0) is 14.8. The molecule has 2 N–H and O–H groups in total. The van der Waals surface area contributed by atoms with Crippen LogP contribution in [0.4, 0.5) is 0 Å². The zero-order valence-corrected chi connectivity index (χ0v) is 12.4. The SMILES string of the molecule is CC1(C)CCC(=O)[C@@]2(C)OOC3C[C@@]12CCC3(O)CO. The van der Waals surface area contributed by atoms with Gasteiger partial charge in [-0.15, -0.1) is 0 Å². The lowest BCUT2D eigenvalue weighted by atomic mass is 9.44. The third-order valence-electron chi connectivity index (χ3n) is 6.44. The summed E-state index contributed by atoms with van der Waals surface area (Å²) in [5.74, 6) is 0.0877. The molecule has 0 aromatic heterocycles. The summed E-state index contributed by atoms with van der Waals surface area (Å²) in [6, 6.07) is 0. The van der Waals surface area contributed by atoms with E-state index < -0.39 is 17.3 Å². The third-order valence-corrected chi connectivity index (χ3v) is 6.44. The number of ketones is 1. The Bertz CT molecular complexity index is 448. The number of Topliss-reactive ketones (excluding diaryl/α,β-unsaturated/α-hetero) is 1. The average molecular weight is 284 g/mol. The van der Waals surface area contributed by atoms with Crippen LogP contribution < -0.4 is 0 Å². The fourth-order valence-corrected chi connectivity index (χ4v) is 4.65. The van der Waals surface area contributed by atoms with Crippen molar-refractivity contribution < 1.29 is 24.8 Å². The number of carbonyl (C=O) groups excluding carboxylic acids is 1. The quantitative estimate of drug-likeness (QED) is 0.711. The standard InChI is InChI=1S/C15H24O5/c1-12(2)5-4-10(17)13(3)15(12)7-6-14(18,9-16)11(8-15)19-20-13/h11,16,18H,4-9H2,1-3H3/t11?,13-,14?,15+/m1/s1. The monoisotopic (exact) mass is 284 g/mol. The molecule has 114 valence electrons. The number of hydrogen-bond donors (Lipinski definition) is 2. The molecular weight excluding hydrogens is 260 g/mol. The van der Waals surface area contributed by atoms with Crippen molar-refractivity contribution in [3.8, 4) is 0 Å². The molecule has 3 aliphatic rings. The van der Waals surface area contributed by atoms with Crippen LogP contribution in [0, 0.1) is 10.8 Å². The van der Waals surface area contributed by atoms with Gasteiger partial charge in [0.25, 0.3) is 0 Å². The van der Waals surface area contributed by atoms with Gasteiger partial charge in [0.2, 0.25) is 0 Å². The zero-order valence-electron chi connectivity index (χ0n) is 12.4. The Labute approximate surface area is 119 Å². The number of fused-ring (bicyclic) bond motifs is 1. The van der Waals surface area contributed by atoms with E-state index in [0.717, 1.165) is 6.42 Å². The molecule has 2 aliphatic carbocycles. The predicted molar refractivity (Wildman–Crippen MR) is 70.7 cm³/mol. The first kappa shape index (κ1) is 14.4. The smallest absolute Gasteiger partial charge is 0.168 e. The fraction of sp³-hybridized carbons (Fsp3) is 0.933. The van der Waals surface area contributed by atoms with Gasteiger partial charge in [-0.2, -0.15) is 0 Å². The number of rotatable bonds is 1. The van der Waals surface area contributed by atoms with Crippen molar-refractivity contribution in [2.24, 2.45) is 10.8 Å². The molecule has 0 radical (unpaired) electrons. The lowest BCUT2D eigenvalue weighted by Crippen LogP contribution is -2.72. The highest BCUT2D eigenvalue weighted by Crippen LogP contribution is 2.65. The highest BCUT2D eigenvalue weighted by molar-refractivity contribution is 5.89. The fourth-order valence-electron chi connectivity index (χ4n) is 4.65. The summed E-state index contributed by atoms with van der Waals surface area (Å²) in [7, 11) is 0. The first-order chi connectivity index (χ1) is 9.21. The highest BCUT2D eigenvalue weighted by atomic mass is 17.2. The van der Waals surface area contributed by atoms with E-state index in [-0.39, 0.29) is 23.2 Å². The molecular formula is C15H24O5. The van der Waals surface area contributed by atoms with Crippen LogP contribution in [0.2, 0.25) is 0 Å². The molecule has 0 amide bonds. The molecule has 3 rings (SSSR count). The molecule has 4 atom stereocenters. The Hall–Kier alpha value is -0.490. The molecule has 5 heteroatoms. The summed E-state index contributed by atoms with van der Waals surface area (Å²) in [6.45, 7) is 5.83. The van der Waals surface area contributed by atoms with Gasteiger partial charge >= 0.3 is 0 Å². The van der Waals surface area contributed by atoms with Crippen LogP contribution >= 0.6 is 0 Å². The summed E-state index contributed by atoms with van der Waals surface area (Å²) >= 11 is 0. The molecule has 1 spiro atoms. The molecule has 2 saturated carbocycles. The van der Waals surface area contributed by atoms with Crippen molar-refractivity contribution in [1.82, 2.24) is 0 Å². The first-order valence-electron chi connectivity index (χ1n) is 7.42. The molecule has 1 aliphatic heterocycles. The van der Waals surface area contributed by atoms with Gasteiger partial charge in [-0.05, 0) is 38.0 Å². The van der Waals surface area contributed by atoms with Crippen molar-refractivity contribution in [3.05, 3.63) is 0 Å². The maximum Gasteiger partial charge on any atom is 0.168 e. The molecule has 1 heterocycles. The third kappa shape index (κ3) is 1.49. The van der Waals surface area contributed by atoms with Crippen molar-refractivity contribution in [2.45, 2.75) is 70.2 Å². The van der Waals surface area contributed by atoms with E-state index in [0.29, 0.717) is 25.7 Å². The number of aliphatic hydroxyl groups is 2. The van der Waals surface area contributed by atoms with Crippen LogP contribution in [0.25, 0.3) is 0 Å². The van der Waals surface area contributed by atoms with Crippen molar-refractivity contribution in [1.29, 1.82) is 0 Å². The van der Waals surface area contributed by atoms with Crippen LogP contribution in [0.3, 0.4) is 0 Å². The van der Waals surface area contributed by atoms with Crippen LogP contribution in [0.5, 0.6) is 0 Å². The van der Waals surface area contributed by atoms with E-state index in [1.165, 1.54) is 0 Å². The lowest BCUT2D eigenvalue weighted by molar-refractivity contribution is -0.468. The number of carbonyl (C=O) groups is 1. The van der Waals surface area contributed by atoms with Gasteiger partial charge in [-0.3, -0.25) is 4.79 Å². The van der Waals surface area contributed by atoms with Crippen LogP contribution in [-0.4, -0.2) is 39.9 Å². The molecule has 3 fully saturated rings. The minimum absolute atomic E-state index is 0.0610. The van der Waals surface area contributed by atoms with E-state index in [9.17, 15) is 15.0 Å². The van der Waals surface area contributed by atoms with Crippen molar-refractivity contribution in [3.63, 3.8) is 0 Å². The summed E-state index contributed by atoms with van der Waals surface area (Å²) in [5, 5.41) is 19.9. The summed E-state index contributed by atoms with van der Waals surface area (Å²) in [4.78, 5) is 23.4. The summed E-state index contributed by atoms with van der Waals surface area (Å²) in [5.41, 5.74) is -2.60. The Morgan fingerprint density at radius 1 is 1.25 bits per heavy atom. The number of aliphatic hydroxyl groups excluding tert-OH is 1. The summed E-state index contributed by atoms with van der Waals surface area (Å²) in [6.07, 6.45) is 2.42. The van der Waals surface area contributed by atoms with Gasteiger partial charge in [0.1, 0.15) is 11.7 Å². The second-order valence-corrected chi connectivity index (χ2v) is 7.56. The van der Waals surface area contributed by atoms with Crippen LogP contribution in [0.15, 0.2) is 0 Å². The Morgan fingerprint density at radius 2 is 1.95 bits per heavy atom. The van der Waals surface area contributed by atoms with E-state index in [1.807, 2.05) is 6.92 Å². The summed E-state index contributed by atoms with van der Waals surface area (Å²) < 4.78 is 0. The molecule has 0 aromatic rings. The topological polar surface area (TPSA) is 76.0 Å². The molecule has 1 saturated heterocycles. The van der Waals surface area contributed by atoms with Gasteiger partial charge in [-0.1, -0.05) is 13.8 Å². The van der Waals surface area contributed by atoms with Gasteiger partial charge in [-0.25, -0.2) is 9.78 Å². The average Bonchev–Trinajstić information content (AvgIpc) is 2.42. The van der Waals surface area contributed by atoms with E-state index in [1.54, 1.807) is 0 Å². The minimum atomic E-state index is -1.26. The highest BCUT2D eigenvalue weighted by Gasteiger charge is 2.70. The van der Waals surface area contributed by atoms with Gasteiger partial charge in [0.15, 0.2) is 11.4 Å². The largest absolute Gasteiger partial charge is 0.393 e. The Balaban J connectivity index is 2.06. The maximum absolute atomic E-state index is 12.4. The molecule has 5 nitrogen and oxygen atoms in total. The maximum atomic E-state index is 12.4. The number of hydrogen-bond acceptors (Lipinski definition) is 5. The molecule has 2 bridgehead atoms. The second-order valence-electron chi connectivity index (χ2n) is 7.56. The van der Waals surface area contributed by atoms with Crippen molar-refractivity contribution in [2.75, 3.05) is 6.61 Å². The van der Waals surface area contributed by atoms with Gasteiger partial charge in [0, 0.05) is 11.8 Å². The lowest BCUT2D eigenvalue weighted by Gasteiger charge is -2.65. The Kier molecular flexibility index (Phi) is 2.91. The molecule has 20 heavy (non-hydrogen) atoms. The predicted octanol–water partition coefficient (Wildman–Crippen LogP) is 1.36. The Morgan fingerprint density at radius 3 is 2.60 bits per heavy atom. The normalized spacial score (nSPS) is 50.6. The molecule has 2 unspecified atom stereocenters. The second kappa shape index (κ2) is 4.03. The van der Waals surface area contributed by atoms with E-state index >= 15 is 0 Å². The van der Waals surface area contributed by atoms with Crippen LogP contribution in [0.1, 0.15) is 52.9 Å². The minimum Gasteiger partial charge on any atom is -0.393 e. The van der Waals surface area contributed by atoms with Crippen molar-refractivity contribution >= 4 is 5.78 Å². The first-order valence-corrected chi connectivity index (χ1v) is 7.42. The van der Waals surface area contributed by atoms with Gasteiger partial charge < -0.3 is 10.2 Å². The van der Waals surface area contributed by atoms with E-state index in [2.05, 4.69) is 13.8 Å².